The van der Waals surface area contributed by atoms with Gasteiger partial charge in [-0.25, -0.2) is 0 Å². The maximum atomic E-state index is 12.7. The van der Waals surface area contributed by atoms with Crippen molar-refractivity contribution in [1.29, 1.82) is 0 Å². The lowest BCUT2D eigenvalue weighted by Gasteiger charge is -2.55. The number of hydrogen-bond donors (Lipinski definition) is 2. The van der Waals surface area contributed by atoms with Gasteiger partial charge in [-0.15, -0.1) is 0 Å². The Morgan fingerprint density at radius 1 is 1.08 bits per heavy atom. The Labute approximate surface area is 156 Å². The highest BCUT2D eigenvalue weighted by Crippen LogP contribution is 2.59. The van der Waals surface area contributed by atoms with Crippen LogP contribution in [0.4, 0.5) is 0 Å². The fraction of sp³-hybridized carbons (Fsp3) is 0.579. The van der Waals surface area contributed by atoms with Gasteiger partial charge in [0.15, 0.2) is 6.61 Å². The monoisotopic (exact) mass is 406 g/mol. The predicted molar refractivity (Wildman–Crippen MR) is 96.5 cm³/mol. The number of hydrazine groups is 1. The normalized spacial score (nSPS) is 32.3. The molecule has 6 heteroatoms. The third kappa shape index (κ3) is 3.54. The van der Waals surface area contributed by atoms with E-state index in [1.165, 1.54) is 19.3 Å². The molecule has 1 aromatic carbocycles. The van der Waals surface area contributed by atoms with Crippen molar-refractivity contribution in [1.82, 2.24) is 10.9 Å². The maximum Gasteiger partial charge on any atom is 0.276 e. The number of rotatable bonds is 4. The number of halogens is 1. The van der Waals surface area contributed by atoms with Crippen LogP contribution >= 0.6 is 15.9 Å². The molecule has 2 amide bonds. The molecule has 4 aliphatic carbocycles. The summed E-state index contributed by atoms with van der Waals surface area (Å²) in [4.78, 5) is 24.7. The summed E-state index contributed by atoms with van der Waals surface area (Å²) < 4.78 is 6.33. The third-order valence-electron chi connectivity index (χ3n) is 6.00. The van der Waals surface area contributed by atoms with E-state index in [1.807, 2.05) is 12.1 Å². The number of nitrogens with one attached hydrogen (secondary N) is 2. The van der Waals surface area contributed by atoms with Crippen molar-refractivity contribution in [3.8, 4) is 5.75 Å². The summed E-state index contributed by atoms with van der Waals surface area (Å²) in [7, 11) is 0. The van der Waals surface area contributed by atoms with E-state index >= 15 is 0 Å². The Hall–Kier alpha value is -1.56. The molecule has 4 fully saturated rings. The van der Waals surface area contributed by atoms with Crippen molar-refractivity contribution in [2.75, 3.05) is 6.61 Å². The molecule has 0 aliphatic heterocycles. The number of amides is 2. The van der Waals surface area contributed by atoms with Crippen LogP contribution in [-0.4, -0.2) is 18.4 Å². The van der Waals surface area contributed by atoms with Crippen molar-refractivity contribution in [2.45, 2.75) is 38.5 Å². The quantitative estimate of drug-likeness (QED) is 0.754. The molecule has 4 bridgehead atoms. The molecule has 1 aromatic rings. The first-order valence-electron chi connectivity index (χ1n) is 9.00. The minimum absolute atomic E-state index is 0.0117. The standard InChI is InChI=1S/C19H23BrN2O3/c20-15-2-1-3-16(7-15)25-11-17(23)21-22-18(24)19-8-12-4-13(9-19)6-14(5-12)10-19/h1-3,7,12-14H,4-6,8-11H2,(H,21,23)(H,22,24). The van der Waals surface area contributed by atoms with Gasteiger partial charge in [0.05, 0.1) is 5.41 Å². The summed E-state index contributed by atoms with van der Waals surface area (Å²) in [6.07, 6.45) is 6.82. The first kappa shape index (κ1) is 16.9. The van der Waals surface area contributed by atoms with Gasteiger partial charge in [0.2, 0.25) is 5.91 Å². The highest BCUT2D eigenvalue weighted by Gasteiger charge is 2.54. The number of carbonyl (C=O) groups is 2. The molecule has 4 aliphatic rings. The van der Waals surface area contributed by atoms with E-state index in [1.54, 1.807) is 12.1 Å². The number of carbonyl (C=O) groups excluding carboxylic acids is 2. The highest BCUT2D eigenvalue weighted by molar-refractivity contribution is 9.10. The van der Waals surface area contributed by atoms with Crippen LogP contribution in [0.15, 0.2) is 28.7 Å². The predicted octanol–water partition coefficient (Wildman–Crippen LogP) is 3.19. The van der Waals surface area contributed by atoms with Crippen LogP contribution in [0.25, 0.3) is 0 Å². The first-order valence-corrected chi connectivity index (χ1v) is 9.79. The smallest absolute Gasteiger partial charge is 0.276 e. The molecule has 0 spiro atoms. The molecule has 0 unspecified atom stereocenters. The minimum Gasteiger partial charge on any atom is -0.484 e. The van der Waals surface area contributed by atoms with Gasteiger partial charge in [0.25, 0.3) is 5.91 Å². The largest absolute Gasteiger partial charge is 0.484 e. The molecule has 4 saturated carbocycles. The van der Waals surface area contributed by atoms with Crippen molar-refractivity contribution >= 4 is 27.7 Å². The van der Waals surface area contributed by atoms with Crippen LogP contribution in [0.1, 0.15) is 38.5 Å². The van der Waals surface area contributed by atoms with E-state index in [9.17, 15) is 9.59 Å². The van der Waals surface area contributed by atoms with Gasteiger partial charge in [-0.2, -0.15) is 0 Å². The molecule has 0 saturated heterocycles. The molecule has 0 aromatic heterocycles. The zero-order chi connectivity index (χ0) is 17.4. The molecule has 0 radical (unpaired) electrons. The van der Waals surface area contributed by atoms with Crippen molar-refractivity contribution in [3.05, 3.63) is 28.7 Å². The number of hydrogen-bond acceptors (Lipinski definition) is 3. The van der Waals surface area contributed by atoms with E-state index < -0.39 is 0 Å². The fourth-order valence-corrected chi connectivity index (χ4v) is 5.77. The third-order valence-corrected chi connectivity index (χ3v) is 6.49. The van der Waals surface area contributed by atoms with Crippen LogP contribution in [0, 0.1) is 23.2 Å². The Balaban J connectivity index is 1.28. The van der Waals surface area contributed by atoms with E-state index in [4.69, 9.17) is 4.74 Å². The molecular formula is C19H23BrN2O3. The van der Waals surface area contributed by atoms with E-state index in [0.29, 0.717) is 23.5 Å². The zero-order valence-corrected chi connectivity index (χ0v) is 15.7. The maximum absolute atomic E-state index is 12.7. The lowest BCUT2D eigenvalue weighted by molar-refractivity contribution is -0.149. The Kier molecular flexibility index (Phi) is 4.48. The molecule has 0 atom stereocenters. The van der Waals surface area contributed by atoms with E-state index in [2.05, 4.69) is 26.8 Å². The molecule has 25 heavy (non-hydrogen) atoms. The molecule has 134 valence electrons. The van der Waals surface area contributed by atoms with Crippen LogP contribution in [-0.2, 0) is 9.59 Å². The molecule has 5 nitrogen and oxygen atoms in total. The molecule has 0 heterocycles. The fourth-order valence-electron chi connectivity index (χ4n) is 5.39. The summed E-state index contributed by atoms with van der Waals surface area (Å²) in [6, 6.07) is 7.30. The van der Waals surface area contributed by atoms with Crippen molar-refractivity contribution in [2.24, 2.45) is 23.2 Å². The second kappa shape index (κ2) is 6.63. The van der Waals surface area contributed by atoms with Gasteiger partial charge in [-0.1, -0.05) is 22.0 Å². The van der Waals surface area contributed by atoms with E-state index in [-0.39, 0.29) is 23.8 Å². The Morgan fingerprint density at radius 3 is 2.32 bits per heavy atom. The Bertz CT molecular complexity index is 656. The number of benzene rings is 1. The summed E-state index contributed by atoms with van der Waals surface area (Å²) in [5, 5.41) is 0. The average molecular weight is 407 g/mol. The van der Waals surface area contributed by atoms with Gasteiger partial charge >= 0.3 is 0 Å². The summed E-state index contributed by atoms with van der Waals surface area (Å²) in [6.45, 7) is -0.127. The van der Waals surface area contributed by atoms with Crippen LogP contribution in [0.5, 0.6) is 5.75 Å². The highest BCUT2D eigenvalue weighted by atomic mass is 79.9. The molecular weight excluding hydrogens is 384 g/mol. The molecule has 2 N–H and O–H groups in total. The summed E-state index contributed by atoms with van der Waals surface area (Å²) in [5.74, 6) is 2.35. The molecule has 5 rings (SSSR count). The van der Waals surface area contributed by atoms with Crippen LogP contribution in [0.2, 0.25) is 0 Å². The van der Waals surface area contributed by atoms with Gasteiger partial charge in [-0.3, -0.25) is 20.4 Å². The minimum atomic E-state index is -0.349. The second-order valence-electron chi connectivity index (χ2n) is 7.95. The van der Waals surface area contributed by atoms with Gasteiger partial charge in [-0.05, 0) is 74.5 Å². The van der Waals surface area contributed by atoms with Gasteiger partial charge in [0.1, 0.15) is 5.75 Å². The lowest BCUT2D eigenvalue weighted by atomic mass is 9.49. The number of ether oxygens (including phenoxy) is 1. The second-order valence-corrected chi connectivity index (χ2v) is 8.86. The SMILES string of the molecule is O=C(COc1cccc(Br)c1)NNC(=O)C12CC3CC(CC(C3)C1)C2. The Morgan fingerprint density at radius 2 is 1.72 bits per heavy atom. The van der Waals surface area contributed by atoms with E-state index in [0.717, 1.165) is 23.7 Å². The van der Waals surface area contributed by atoms with Gasteiger partial charge < -0.3 is 4.74 Å². The average Bonchev–Trinajstić information content (AvgIpc) is 2.56. The summed E-state index contributed by atoms with van der Waals surface area (Å²) >= 11 is 3.36. The van der Waals surface area contributed by atoms with Crippen LogP contribution in [0.3, 0.4) is 0 Å². The van der Waals surface area contributed by atoms with Crippen molar-refractivity contribution in [3.63, 3.8) is 0 Å². The topological polar surface area (TPSA) is 67.4 Å². The van der Waals surface area contributed by atoms with Gasteiger partial charge in [0, 0.05) is 4.47 Å². The first-order chi connectivity index (χ1) is 12.0. The summed E-state index contributed by atoms with van der Waals surface area (Å²) in [5.41, 5.74) is 4.92. The van der Waals surface area contributed by atoms with Crippen molar-refractivity contribution < 1.29 is 14.3 Å². The lowest BCUT2D eigenvalue weighted by Crippen LogP contribution is -2.57. The zero-order valence-electron chi connectivity index (χ0n) is 14.1. The van der Waals surface area contributed by atoms with Crippen LogP contribution < -0.4 is 15.6 Å².